The first-order valence-corrected chi connectivity index (χ1v) is 9.50. The molecule has 0 aromatic heterocycles. The fraction of sp³-hybridized carbons (Fsp3) is 0.467. The summed E-state index contributed by atoms with van der Waals surface area (Å²) >= 11 is 0. The lowest BCUT2D eigenvalue weighted by Gasteiger charge is -2.07. The van der Waals surface area contributed by atoms with Crippen LogP contribution in [0.25, 0.3) is 0 Å². The van der Waals surface area contributed by atoms with Crippen LogP contribution in [0.15, 0.2) is 23.1 Å². The van der Waals surface area contributed by atoms with Crippen LogP contribution in [-0.4, -0.2) is 43.1 Å². The van der Waals surface area contributed by atoms with Gasteiger partial charge in [-0.3, -0.25) is 19.7 Å². The summed E-state index contributed by atoms with van der Waals surface area (Å²) in [4.78, 5) is 32.3. The Kier molecular flexibility index (Phi) is 7.49. The minimum absolute atomic E-state index is 0.0968. The maximum Gasteiger partial charge on any atom is 0.303 e. The van der Waals surface area contributed by atoms with Gasteiger partial charge in [0.2, 0.25) is 0 Å². The number of non-ortho nitro benzene ring substituents is 1. The van der Waals surface area contributed by atoms with Crippen LogP contribution in [0.3, 0.4) is 0 Å². The number of aliphatic carboxylic acids is 1. The van der Waals surface area contributed by atoms with Crippen molar-refractivity contribution in [1.82, 2.24) is 5.32 Å². The largest absolute Gasteiger partial charge is 0.481 e. The van der Waals surface area contributed by atoms with Gasteiger partial charge < -0.3 is 10.4 Å². The van der Waals surface area contributed by atoms with Gasteiger partial charge in [0.25, 0.3) is 11.6 Å². The van der Waals surface area contributed by atoms with E-state index in [1.165, 1.54) is 0 Å². The predicted molar refractivity (Wildman–Crippen MR) is 89.3 cm³/mol. The first-order chi connectivity index (χ1) is 11.6. The Morgan fingerprint density at radius 2 is 1.80 bits per heavy atom. The quantitative estimate of drug-likeness (QED) is 0.362. The first kappa shape index (κ1) is 20.6. The highest BCUT2D eigenvalue weighted by Gasteiger charge is 2.18. The SMILES string of the molecule is CS(=O)(=O)c1cc(C(=O)NCCCCCCC(=O)O)cc([N+](=O)[O-])c1. The monoisotopic (exact) mass is 372 g/mol. The Labute approximate surface area is 145 Å². The number of hydrogen-bond acceptors (Lipinski definition) is 6. The fourth-order valence-electron chi connectivity index (χ4n) is 2.09. The molecule has 0 aliphatic rings. The molecule has 9 nitrogen and oxygen atoms in total. The zero-order chi connectivity index (χ0) is 19.0. The number of carboxylic acids is 1. The Balaban J connectivity index is 2.64. The zero-order valence-corrected chi connectivity index (χ0v) is 14.5. The molecule has 1 aromatic rings. The Morgan fingerprint density at radius 1 is 1.16 bits per heavy atom. The molecule has 1 amide bonds. The molecule has 0 heterocycles. The summed E-state index contributed by atoms with van der Waals surface area (Å²) in [5.74, 6) is -1.44. The number of nitrogens with one attached hydrogen (secondary N) is 1. The van der Waals surface area contributed by atoms with E-state index in [0.29, 0.717) is 19.4 Å². The van der Waals surface area contributed by atoms with Gasteiger partial charge in [0, 0.05) is 36.9 Å². The van der Waals surface area contributed by atoms with Gasteiger partial charge in [-0.25, -0.2) is 8.42 Å². The van der Waals surface area contributed by atoms with Crippen molar-refractivity contribution in [3.63, 3.8) is 0 Å². The predicted octanol–water partition coefficient (Wildman–Crippen LogP) is 1.76. The Morgan fingerprint density at radius 3 is 2.36 bits per heavy atom. The second-order valence-corrected chi connectivity index (χ2v) is 7.57. The summed E-state index contributed by atoms with van der Waals surface area (Å²) in [6, 6.07) is 3.04. The molecular formula is C15H20N2O7S. The van der Waals surface area contributed by atoms with Gasteiger partial charge in [-0.2, -0.15) is 0 Å². The molecule has 0 atom stereocenters. The standard InChI is InChI=1S/C15H20N2O7S/c1-25(23,24)13-9-11(8-12(10-13)17(21)22)15(20)16-7-5-3-2-4-6-14(18)19/h8-10H,2-7H2,1H3,(H,16,20)(H,18,19). The third-order valence-electron chi connectivity index (χ3n) is 3.40. The van der Waals surface area contributed by atoms with Crippen molar-refractivity contribution in [3.8, 4) is 0 Å². The number of carbonyl (C=O) groups is 2. The number of carbonyl (C=O) groups excluding carboxylic acids is 1. The van der Waals surface area contributed by atoms with Gasteiger partial charge in [-0.15, -0.1) is 0 Å². The molecule has 0 bridgehead atoms. The van der Waals surface area contributed by atoms with E-state index in [0.717, 1.165) is 37.3 Å². The molecule has 0 fully saturated rings. The molecule has 2 N–H and O–H groups in total. The number of unbranched alkanes of at least 4 members (excludes halogenated alkanes) is 3. The molecule has 0 spiro atoms. The van der Waals surface area contributed by atoms with E-state index in [4.69, 9.17) is 5.11 Å². The highest BCUT2D eigenvalue weighted by molar-refractivity contribution is 7.90. The molecule has 10 heteroatoms. The number of carboxylic acid groups (broad SMARTS) is 1. The van der Waals surface area contributed by atoms with E-state index in [1.54, 1.807) is 0 Å². The Bertz CT molecular complexity index is 759. The topological polar surface area (TPSA) is 144 Å². The molecule has 138 valence electrons. The van der Waals surface area contributed by atoms with Crippen molar-refractivity contribution in [1.29, 1.82) is 0 Å². The van der Waals surface area contributed by atoms with Crippen molar-refractivity contribution >= 4 is 27.4 Å². The summed E-state index contributed by atoms with van der Waals surface area (Å²) in [5.41, 5.74) is -0.567. The number of benzene rings is 1. The lowest BCUT2D eigenvalue weighted by Crippen LogP contribution is -2.24. The Hall–Kier alpha value is -2.49. The van der Waals surface area contributed by atoms with E-state index >= 15 is 0 Å². The van der Waals surface area contributed by atoms with Crippen molar-refractivity contribution < 1.29 is 28.0 Å². The van der Waals surface area contributed by atoms with Crippen LogP contribution >= 0.6 is 0 Å². The van der Waals surface area contributed by atoms with Gasteiger partial charge in [-0.1, -0.05) is 12.8 Å². The number of amides is 1. The second kappa shape index (κ2) is 9.11. The maximum atomic E-state index is 12.1. The normalized spacial score (nSPS) is 11.1. The van der Waals surface area contributed by atoms with Crippen molar-refractivity contribution in [2.45, 2.75) is 37.0 Å². The molecule has 0 radical (unpaired) electrons. The molecule has 0 aliphatic heterocycles. The maximum absolute atomic E-state index is 12.1. The number of rotatable bonds is 10. The lowest BCUT2D eigenvalue weighted by molar-refractivity contribution is -0.385. The number of hydrogen-bond donors (Lipinski definition) is 2. The van der Waals surface area contributed by atoms with Crippen LogP contribution in [0, 0.1) is 10.1 Å². The van der Waals surface area contributed by atoms with E-state index in [1.807, 2.05) is 0 Å². The van der Waals surface area contributed by atoms with Gasteiger partial charge in [0.05, 0.1) is 9.82 Å². The third kappa shape index (κ3) is 7.29. The minimum Gasteiger partial charge on any atom is -0.481 e. The van der Waals surface area contributed by atoms with Crippen LogP contribution in [0.1, 0.15) is 42.5 Å². The van der Waals surface area contributed by atoms with E-state index in [2.05, 4.69) is 5.32 Å². The number of nitro benzene ring substituents is 1. The molecule has 0 unspecified atom stereocenters. The van der Waals surface area contributed by atoms with Crippen molar-refractivity contribution in [3.05, 3.63) is 33.9 Å². The summed E-state index contributed by atoms with van der Waals surface area (Å²) in [6.45, 7) is 0.308. The second-order valence-electron chi connectivity index (χ2n) is 5.56. The van der Waals surface area contributed by atoms with E-state index < -0.39 is 32.3 Å². The third-order valence-corrected chi connectivity index (χ3v) is 4.49. The molecule has 25 heavy (non-hydrogen) atoms. The molecule has 1 aromatic carbocycles. The van der Waals surface area contributed by atoms with E-state index in [-0.39, 0.29) is 16.9 Å². The number of nitro groups is 1. The summed E-state index contributed by atoms with van der Waals surface area (Å²) < 4.78 is 23.2. The van der Waals surface area contributed by atoms with Crippen molar-refractivity contribution in [2.75, 3.05) is 12.8 Å². The minimum atomic E-state index is -3.69. The lowest BCUT2D eigenvalue weighted by atomic mass is 10.1. The van der Waals surface area contributed by atoms with Crippen LogP contribution in [0.4, 0.5) is 5.69 Å². The molecule has 0 aliphatic carbocycles. The molecule has 0 saturated heterocycles. The zero-order valence-electron chi connectivity index (χ0n) is 13.7. The summed E-state index contributed by atoms with van der Waals surface area (Å²) in [5, 5.41) is 22.0. The highest BCUT2D eigenvalue weighted by Crippen LogP contribution is 2.21. The average Bonchev–Trinajstić information content (AvgIpc) is 2.52. The summed E-state index contributed by atoms with van der Waals surface area (Å²) in [6.07, 6.45) is 3.65. The van der Waals surface area contributed by atoms with Crippen LogP contribution in [0.2, 0.25) is 0 Å². The first-order valence-electron chi connectivity index (χ1n) is 7.61. The van der Waals surface area contributed by atoms with Crippen LogP contribution in [0.5, 0.6) is 0 Å². The average molecular weight is 372 g/mol. The van der Waals surface area contributed by atoms with Crippen LogP contribution < -0.4 is 5.32 Å². The van der Waals surface area contributed by atoms with E-state index in [9.17, 15) is 28.1 Å². The fourth-order valence-corrected chi connectivity index (χ4v) is 2.77. The number of nitrogens with zero attached hydrogens (tertiary/aromatic N) is 1. The van der Waals surface area contributed by atoms with Gasteiger partial charge in [0.1, 0.15) is 0 Å². The van der Waals surface area contributed by atoms with Gasteiger partial charge in [-0.05, 0) is 18.9 Å². The molecule has 1 rings (SSSR count). The highest BCUT2D eigenvalue weighted by atomic mass is 32.2. The smallest absolute Gasteiger partial charge is 0.303 e. The van der Waals surface area contributed by atoms with Crippen molar-refractivity contribution in [2.24, 2.45) is 0 Å². The summed E-state index contributed by atoms with van der Waals surface area (Å²) in [7, 11) is -3.69. The van der Waals surface area contributed by atoms with Gasteiger partial charge in [0.15, 0.2) is 9.84 Å². The number of sulfone groups is 1. The molecular weight excluding hydrogens is 352 g/mol. The van der Waals surface area contributed by atoms with Crippen LogP contribution in [-0.2, 0) is 14.6 Å². The van der Waals surface area contributed by atoms with Gasteiger partial charge >= 0.3 is 5.97 Å². The molecule has 0 saturated carbocycles.